The van der Waals surface area contributed by atoms with Crippen LogP contribution in [0, 0.1) is 12.3 Å². The highest BCUT2D eigenvalue weighted by molar-refractivity contribution is 7.16. The van der Waals surface area contributed by atoms with Crippen LogP contribution in [0.5, 0.6) is 23.0 Å². The maximum Gasteiger partial charge on any atom is 0.283 e. The molecule has 0 bridgehead atoms. The summed E-state index contributed by atoms with van der Waals surface area (Å²) in [4.78, 5) is 17.7. The van der Waals surface area contributed by atoms with Crippen LogP contribution in [-0.4, -0.2) is 37.9 Å². The highest BCUT2D eigenvalue weighted by atomic mass is 32.1. The zero-order valence-corrected chi connectivity index (χ0v) is 16.7. The lowest BCUT2D eigenvalue weighted by atomic mass is 10.2. The fourth-order valence-electron chi connectivity index (χ4n) is 3.06. The zero-order chi connectivity index (χ0) is 20.4. The highest BCUT2D eigenvalue weighted by Crippen LogP contribution is 2.35. The van der Waals surface area contributed by atoms with Gasteiger partial charge in [0.1, 0.15) is 24.7 Å². The Bertz CT molecular complexity index is 1200. The molecule has 0 radical (unpaired) electrons. The smallest absolute Gasteiger partial charge is 0.283 e. The largest absolute Gasteiger partial charge is 0.497 e. The molecule has 0 aliphatic carbocycles. The minimum absolute atomic E-state index is 0.269. The Balaban J connectivity index is 1.84. The number of benzene rings is 2. The van der Waals surface area contributed by atoms with E-state index in [1.165, 1.54) is 18.4 Å². The summed E-state index contributed by atoms with van der Waals surface area (Å²) in [6.45, 7) is 1.26. The topological polar surface area (TPSA) is 71.3 Å². The van der Waals surface area contributed by atoms with E-state index in [2.05, 4.69) is 10.9 Å². The van der Waals surface area contributed by atoms with Gasteiger partial charge in [0.05, 0.1) is 36.5 Å². The highest BCUT2D eigenvalue weighted by Gasteiger charge is 2.18. The Hall–Kier alpha value is -3.44. The average molecular weight is 410 g/mol. The molecule has 29 heavy (non-hydrogen) atoms. The van der Waals surface area contributed by atoms with Crippen molar-refractivity contribution in [3.63, 3.8) is 0 Å². The Morgan fingerprint density at radius 2 is 1.97 bits per heavy atom. The van der Waals surface area contributed by atoms with E-state index in [1.54, 1.807) is 25.3 Å². The van der Waals surface area contributed by atoms with Crippen LogP contribution in [-0.2, 0) is 6.54 Å². The molecule has 1 aromatic heterocycles. The Kier molecular flexibility index (Phi) is 5.14. The number of methoxy groups -OCH3 is 2. The van der Waals surface area contributed by atoms with Crippen LogP contribution in [0.4, 0.5) is 0 Å². The minimum Gasteiger partial charge on any atom is -0.497 e. The van der Waals surface area contributed by atoms with E-state index in [1.807, 2.05) is 16.7 Å². The van der Waals surface area contributed by atoms with Crippen molar-refractivity contribution in [3.8, 4) is 35.3 Å². The van der Waals surface area contributed by atoms with E-state index in [-0.39, 0.29) is 6.54 Å². The number of aromatic nitrogens is 1. The molecule has 1 aliphatic rings. The van der Waals surface area contributed by atoms with Crippen LogP contribution < -0.4 is 23.7 Å². The number of carbonyl (C=O) groups excluding carboxylic acids is 1. The Labute approximate surface area is 171 Å². The molecule has 0 atom stereocenters. The third-order valence-electron chi connectivity index (χ3n) is 4.43. The van der Waals surface area contributed by atoms with Crippen molar-refractivity contribution in [3.05, 3.63) is 40.7 Å². The number of rotatable bonds is 4. The van der Waals surface area contributed by atoms with Crippen molar-refractivity contribution in [1.82, 2.24) is 4.57 Å². The first-order chi connectivity index (χ1) is 14.1. The molecule has 0 N–H and O–H groups in total. The van der Waals surface area contributed by atoms with E-state index in [0.717, 1.165) is 10.2 Å². The molecule has 0 saturated heterocycles. The van der Waals surface area contributed by atoms with Gasteiger partial charge in [0, 0.05) is 18.2 Å². The number of hydrogen-bond donors (Lipinski definition) is 0. The normalized spacial score (nSPS) is 13.2. The van der Waals surface area contributed by atoms with Crippen LogP contribution >= 0.6 is 11.3 Å². The third kappa shape index (κ3) is 3.52. The van der Waals surface area contributed by atoms with E-state index in [4.69, 9.17) is 25.4 Å². The zero-order valence-electron chi connectivity index (χ0n) is 15.9. The molecule has 1 amide bonds. The van der Waals surface area contributed by atoms with Gasteiger partial charge in [0.25, 0.3) is 5.91 Å². The molecule has 0 saturated carbocycles. The van der Waals surface area contributed by atoms with Gasteiger partial charge >= 0.3 is 0 Å². The van der Waals surface area contributed by atoms with Crippen LogP contribution in [0.2, 0.25) is 0 Å². The Morgan fingerprint density at radius 3 is 2.66 bits per heavy atom. The van der Waals surface area contributed by atoms with Gasteiger partial charge in [-0.15, -0.1) is 6.42 Å². The molecule has 8 heteroatoms. The minimum atomic E-state index is -0.431. The van der Waals surface area contributed by atoms with Gasteiger partial charge in [-0.2, -0.15) is 4.99 Å². The molecule has 2 heterocycles. The summed E-state index contributed by atoms with van der Waals surface area (Å²) in [5, 5.41) is 0. The van der Waals surface area contributed by atoms with Gasteiger partial charge < -0.3 is 23.5 Å². The fourth-order valence-corrected chi connectivity index (χ4v) is 4.10. The molecular formula is C21H18N2O5S. The van der Waals surface area contributed by atoms with Crippen molar-refractivity contribution in [2.24, 2.45) is 4.99 Å². The number of amides is 1. The Morgan fingerprint density at radius 1 is 1.21 bits per heavy atom. The summed E-state index contributed by atoms with van der Waals surface area (Å²) in [7, 11) is 3.04. The monoisotopic (exact) mass is 410 g/mol. The number of thiazole rings is 1. The number of hydrogen-bond acceptors (Lipinski definition) is 6. The number of ether oxygens (including phenoxy) is 4. The van der Waals surface area contributed by atoms with Gasteiger partial charge in [-0.3, -0.25) is 4.79 Å². The molecular weight excluding hydrogens is 392 g/mol. The predicted molar refractivity (Wildman–Crippen MR) is 109 cm³/mol. The number of nitrogens with zero attached hydrogens (tertiary/aromatic N) is 2. The van der Waals surface area contributed by atoms with Crippen LogP contribution in [0.15, 0.2) is 35.3 Å². The first kappa shape index (κ1) is 18.9. The van der Waals surface area contributed by atoms with E-state index in [9.17, 15) is 4.79 Å². The molecule has 1 aliphatic heterocycles. The second kappa shape index (κ2) is 7.89. The van der Waals surface area contributed by atoms with Crippen molar-refractivity contribution < 1.29 is 23.7 Å². The lowest BCUT2D eigenvalue weighted by molar-refractivity contribution is 0.0995. The van der Waals surface area contributed by atoms with Crippen LogP contribution in [0.3, 0.4) is 0 Å². The van der Waals surface area contributed by atoms with E-state index < -0.39 is 5.91 Å². The van der Waals surface area contributed by atoms with Crippen molar-refractivity contribution >= 4 is 27.5 Å². The molecule has 3 aromatic rings. The first-order valence-corrected chi connectivity index (χ1v) is 9.63. The molecule has 4 rings (SSSR count). The van der Waals surface area contributed by atoms with Crippen molar-refractivity contribution in [1.29, 1.82) is 0 Å². The van der Waals surface area contributed by atoms with Crippen molar-refractivity contribution in [2.75, 3.05) is 27.4 Å². The summed E-state index contributed by atoms with van der Waals surface area (Å²) >= 11 is 1.36. The standard InChI is InChI=1S/C21H18N2O5S/c1-4-7-23-15-11-17-18(28-9-8-27-17)12-19(15)29-21(23)22-20(24)14-6-5-13(25-2)10-16(14)26-3/h1,5-6,10-12H,7-9H2,2-3H3. The molecule has 148 valence electrons. The maximum atomic E-state index is 12.9. The molecule has 0 fully saturated rings. The lowest BCUT2D eigenvalue weighted by Crippen LogP contribution is -2.17. The second-order valence-electron chi connectivity index (χ2n) is 6.12. The summed E-state index contributed by atoms with van der Waals surface area (Å²) in [5.41, 5.74) is 1.18. The number of carbonyl (C=O) groups is 1. The van der Waals surface area contributed by atoms with Gasteiger partial charge in [0.15, 0.2) is 16.3 Å². The quantitative estimate of drug-likeness (QED) is 0.619. The predicted octanol–water partition coefficient (Wildman–Crippen LogP) is 2.87. The fraction of sp³-hybridized carbons (Fsp3) is 0.238. The maximum absolute atomic E-state index is 12.9. The molecule has 0 unspecified atom stereocenters. The molecule has 0 spiro atoms. The number of terminal acetylenes is 1. The third-order valence-corrected chi connectivity index (χ3v) is 5.47. The number of fused-ring (bicyclic) bond motifs is 2. The second-order valence-corrected chi connectivity index (χ2v) is 7.13. The summed E-state index contributed by atoms with van der Waals surface area (Å²) in [6.07, 6.45) is 5.55. The summed E-state index contributed by atoms with van der Waals surface area (Å²) in [5.74, 6) is 4.50. The van der Waals surface area contributed by atoms with E-state index >= 15 is 0 Å². The molecule has 2 aromatic carbocycles. The van der Waals surface area contributed by atoms with Gasteiger partial charge in [0.2, 0.25) is 0 Å². The van der Waals surface area contributed by atoms with Crippen molar-refractivity contribution in [2.45, 2.75) is 6.54 Å². The van der Waals surface area contributed by atoms with Crippen LogP contribution in [0.25, 0.3) is 10.2 Å². The summed E-state index contributed by atoms with van der Waals surface area (Å²) in [6, 6.07) is 8.72. The summed E-state index contributed by atoms with van der Waals surface area (Å²) < 4.78 is 24.5. The van der Waals surface area contributed by atoms with Crippen LogP contribution in [0.1, 0.15) is 10.4 Å². The SMILES string of the molecule is C#CCn1c(=NC(=O)c2ccc(OC)cc2OC)sc2cc3c(cc21)OCCO3. The molecule has 7 nitrogen and oxygen atoms in total. The first-order valence-electron chi connectivity index (χ1n) is 8.82. The van der Waals surface area contributed by atoms with Gasteiger partial charge in [-0.1, -0.05) is 17.3 Å². The van der Waals surface area contributed by atoms with E-state index in [0.29, 0.717) is 46.6 Å². The lowest BCUT2D eigenvalue weighted by Gasteiger charge is -2.18. The average Bonchev–Trinajstić information content (AvgIpc) is 3.07. The van der Waals surface area contributed by atoms with Gasteiger partial charge in [-0.05, 0) is 12.1 Å². The van der Waals surface area contributed by atoms with Gasteiger partial charge in [-0.25, -0.2) is 0 Å².